The zero-order valence-corrected chi connectivity index (χ0v) is 16.4. The molecule has 0 aromatic heterocycles. The van der Waals surface area contributed by atoms with Crippen LogP contribution < -0.4 is 9.46 Å². The van der Waals surface area contributed by atoms with Gasteiger partial charge in [-0.2, -0.15) is 0 Å². The number of piperidine rings is 1. The van der Waals surface area contributed by atoms with Gasteiger partial charge in [-0.15, -0.1) is 0 Å². The van der Waals surface area contributed by atoms with E-state index in [1.807, 2.05) is 6.07 Å². The van der Waals surface area contributed by atoms with Crippen LogP contribution in [0, 0.1) is 16.0 Å². The molecule has 154 valence electrons. The summed E-state index contributed by atoms with van der Waals surface area (Å²) in [6.07, 6.45) is 0.875. The summed E-state index contributed by atoms with van der Waals surface area (Å²) in [7, 11) is -3.75. The first-order chi connectivity index (χ1) is 13.8. The number of hydrogen-bond donors (Lipinski definition) is 1. The highest BCUT2D eigenvalue weighted by molar-refractivity contribution is 7.89. The molecule has 0 atom stereocenters. The molecule has 1 fully saturated rings. The number of rotatable bonds is 6. The predicted molar refractivity (Wildman–Crippen MR) is 105 cm³/mol. The van der Waals surface area contributed by atoms with Gasteiger partial charge in [0.05, 0.1) is 9.82 Å². The van der Waals surface area contributed by atoms with Crippen molar-refractivity contribution in [3.8, 4) is 5.75 Å². The molecule has 0 saturated carbocycles. The summed E-state index contributed by atoms with van der Waals surface area (Å²) in [4.78, 5) is 23.9. The average molecular weight is 419 g/mol. The van der Waals surface area contributed by atoms with Crippen molar-refractivity contribution >= 4 is 21.8 Å². The van der Waals surface area contributed by atoms with Crippen molar-refractivity contribution in [3.63, 3.8) is 0 Å². The number of likely N-dealkylation sites (tertiary alicyclic amines) is 1. The second-order valence-corrected chi connectivity index (χ2v) is 8.48. The fourth-order valence-electron chi connectivity index (χ4n) is 3.03. The number of sulfonamides is 1. The summed E-state index contributed by atoms with van der Waals surface area (Å²) in [5, 5.41) is 10.7. The predicted octanol–water partition coefficient (Wildman–Crippen LogP) is 2.78. The van der Waals surface area contributed by atoms with Crippen molar-refractivity contribution in [2.24, 2.45) is 5.92 Å². The summed E-state index contributed by atoms with van der Waals surface area (Å²) in [5.74, 6) is 0.569. The number of carbonyl (C=O) groups excluding carboxylic acids is 1. The van der Waals surface area contributed by atoms with Crippen LogP contribution in [0.15, 0.2) is 59.5 Å². The molecule has 29 heavy (non-hydrogen) atoms. The number of nitrogens with zero attached hydrogens (tertiary/aromatic N) is 2. The summed E-state index contributed by atoms with van der Waals surface area (Å²) >= 11 is 0. The maximum atomic E-state index is 12.4. The van der Waals surface area contributed by atoms with Gasteiger partial charge in [0, 0.05) is 31.8 Å². The summed E-state index contributed by atoms with van der Waals surface area (Å²) in [6, 6.07) is 13.6. The molecular weight excluding hydrogens is 398 g/mol. The van der Waals surface area contributed by atoms with Crippen LogP contribution in [-0.2, 0) is 10.0 Å². The normalized spacial score (nSPS) is 15.1. The molecule has 2 aromatic rings. The molecule has 1 amide bonds. The minimum absolute atomic E-state index is 0.0213. The second kappa shape index (κ2) is 9.01. The van der Waals surface area contributed by atoms with Gasteiger partial charge >= 0.3 is 6.09 Å². The molecule has 0 radical (unpaired) electrons. The van der Waals surface area contributed by atoms with Crippen LogP contribution in [0.1, 0.15) is 12.8 Å². The van der Waals surface area contributed by atoms with Crippen LogP contribution in [0.4, 0.5) is 10.5 Å². The van der Waals surface area contributed by atoms with Gasteiger partial charge in [-0.25, -0.2) is 17.9 Å². The lowest BCUT2D eigenvalue weighted by Crippen LogP contribution is -2.42. The van der Waals surface area contributed by atoms with E-state index in [9.17, 15) is 23.3 Å². The van der Waals surface area contributed by atoms with Crippen LogP contribution in [0.5, 0.6) is 5.75 Å². The Morgan fingerprint density at radius 1 is 1.10 bits per heavy atom. The number of nitro benzene ring substituents is 1. The number of nitro groups is 1. The standard InChI is InChI=1S/C19H21N3O6S/c23-19(28-17-4-2-1-3-5-17)21-12-10-15(11-13-21)14-20-29(26,27)18-8-6-16(7-9-18)22(24)25/h1-9,15,20H,10-14H2. The van der Waals surface area contributed by atoms with E-state index >= 15 is 0 Å². The maximum absolute atomic E-state index is 12.4. The molecule has 1 aliphatic rings. The smallest absolute Gasteiger partial charge is 0.410 e. The Kier molecular flexibility index (Phi) is 6.45. The summed E-state index contributed by atoms with van der Waals surface area (Å²) < 4.78 is 32.6. The fourth-order valence-corrected chi connectivity index (χ4v) is 4.15. The van der Waals surface area contributed by atoms with E-state index in [-0.39, 0.29) is 23.0 Å². The Bertz CT molecular complexity index is 955. The quantitative estimate of drug-likeness (QED) is 0.568. The number of nitrogens with one attached hydrogen (secondary N) is 1. The number of ether oxygens (including phenoxy) is 1. The molecule has 0 aliphatic carbocycles. The number of hydrogen-bond acceptors (Lipinski definition) is 6. The third kappa shape index (κ3) is 5.52. The van der Waals surface area contributed by atoms with E-state index in [0.29, 0.717) is 31.7 Å². The van der Waals surface area contributed by atoms with Crippen molar-refractivity contribution in [1.29, 1.82) is 0 Å². The molecule has 1 saturated heterocycles. The first kappa shape index (κ1) is 20.7. The Morgan fingerprint density at radius 3 is 2.31 bits per heavy atom. The molecule has 1 aliphatic heterocycles. The van der Waals surface area contributed by atoms with Crippen molar-refractivity contribution in [3.05, 3.63) is 64.7 Å². The molecule has 0 bridgehead atoms. The number of carbonyl (C=O) groups is 1. The van der Waals surface area contributed by atoms with Crippen molar-refractivity contribution in [1.82, 2.24) is 9.62 Å². The number of amides is 1. The minimum Gasteiger partial charge on any atom is -0.410 e. The Labute approximate surface area is 168 Å². The van der Waals surface area contributed by atoms with Gasteiger partial charge in [-0.05, 0) is 43.0 Å². The molecule has 0 spiro atoms. The summed E-state index contributed by atoms with van der Waals surface area (Å²) in [6.45, 7) is 1.20. The van der Waals surface area contributed by atoms with Gasteiger partial charge in [-0.1, -0.05) is 18.2 Å². The highest BCUT2D eigenvalue weighted by Crippen LogP contribution is 2.20. The highest BCUT2D eigenvalue weighted by atomic mass is 32.2. The van der Waals surface area contributed by atoms with Crippen LogP contribution in [-0.4, -0.2) is 44.0 Å². The van der Waals surface area contributed by atoms with Gasteiger partial charge in [0.2, 0.25) is 10.0 Å². The largest absolute Gasteiger partial charge is 0.415 e. The van der Waals surface area contributed by atoms with Crippen molar-refractivity contribution < 1.29 is 22.9 Å². The topological polar surface area (TPSA) is 119 Å². The molecule has 1 heterocycles. The SMILES string of the molecule is O=C(Oc1ccccc1)N1CCC(CNS(=O)(=O)c2ccc([N+](=O)[O-])cc2)CC1. The molecule has 2 aromatic carbocycles. The number of para-hydroxylation sites is 1. The van der Waals surface area contributed by atoms with Gasteiger partial charge in [0.25, 0.3) is 5.69 Å². The van der Waals surface area contributed by atoms with Crippen LogP contribution in [0.25, 0.3) is 0 Å². The molecular formula is C19H21N3O6S. The van der Waals surface area contributed by atoms with Gasteiger partial charge in [-0.3, -0.25) is 10.1 Å². The van der Waals surface area contributed by atoms with Gasteiger partial charge in [0.1, 0.15) is 5.75 Å². The lowest BCUT2D eigenvalue weighted by atomic mass is 9.97. The van der Waals surface area contributed by atoms with Gasteiger partial charge < -0.3 is 9.64 Å². The van der Waals surface area contributed by atoms with Crippen LogP contribution >= 0.6 is 0 Å². The third-order valence-electron chi connectivity index (χ3n) is 4.74. The molecule has 10 heteroatoms. The van der Waals surface area contributed by atoms with E-state index in [0.717, 1.165) is 12.1 Å². The molecule has 9 nitrogen and oxygen atoms in total. The molecule has 3 rings (SSSR count). The van der Waals surface area contributed by atoms with E-state index < -0.39 is 21.0 Å². The summed E-state index contributed by atoms with van der Waals surface area (Å²) in [5.41, 5.74) is -0.168. The Hall–Kier alpha value is -2.98. The Balaban J connectivity index is 1.48. The first-order valence-electron chi connectivity index (χ1n) is 9.11. The average Bonchev–Trinajstić information content (AvgIpc) is 2.73. The van der Waals surface area contributed by atoms with Crippen molar-refractivity contribution in [2.45, 2.75) is 17.7 Å². The zero-order valence-electron chi connectivity index (χ0n) is 15.6. The first-order valence-corrected chi connectivity index (χ1v) is 10.6. The monoisotopic (exact) mass is 419 g/mol. The van der Waals surface area contributed by atoms with Crippen LogP contribution in [0.2, 0.25) is 0 Å². The maximum Gasteiger partial charge on any atom is 0.415 e. The van der Waals surface area contributed by atoms with Crippen LogP contribution in [0.3, 0.4) is 0 Å². The third-order valence-corrected chi connectivity index (χ3v) is 6.18. The van der Waals surface area contributed by atoms with E-state index in [1.54, 1.807) is 29.2 Å². The van der Waals surface area contributed by atoms with E-state index in [4.69, 9.17) is 4.74 Å². The second-order valence-electron chi connectivity index (χ2n) is 6.71. The lowest BCUT2D eigenvalue weighted by molar-refractivity contribution is -0.384. The Morgan fingerprint density at radius 2 is 1.72 bits per heavy atom. The van der Waals surface area contributed by atoms with Gasteiger partial charge in [0.15, 0.2) is 0 Å². The highest BCUT2D eigenvalue weighted by Gasteiger charge is 2.25. The molecule has 1 N–H and O–H groups in total. The zero-order chi connectivity index (χ0) is 20.9. The van der Waals surface area contributed by atoms with E-state index in [2.05, 4.69) is 4.72 Å². The molecule has 0 unspecified atom stereocenters. The number of benzene rings is 2. The van der Waals surface area contributed by atoms with Crippen molar-refractivity contribution in [2.75, 3.05) is 19.6 Å². The lowest BCUT2D eigenvalue weighted by Gasteiger charge is -2.31. The van der Waals surface area contributed by atoms with E-state index in [1.165, 1.54) is 12.1 Å². The number of non-ortho nitro benzene ring substituents is 1. The fraction of sp³-hybridized carbons (Fsp3) is 0.316. The minimum atomic E-state index is -3.75.